The van der Waals surface area contributed by atoms with Crippen molar-refractivity contribution in [2.24, 2.45) is 0 Å². The second-order valence-electron chi connectivity index (χ2n) is 4.70. The fourth-order valence-corrected chi connectivity index (χ4v) is 2.16. The number of cyclic esters (lactones) is 1. The minimum absolute atomic E-state index is 0.0415. The van der Waals surface area contributed by atoms with Gasteiger partial charge in [0.25, 0.3) is 0 Å². The molecule has 2 aromatic carbocycles. The molecule has 0 atom stereocenters. The highest BCUT2D eigenvalue weighted by molar-refractivity contribution is 6.18. The molecule has 0 saturated carbocycles. The highest BCUT2D eigenvalue weighted by atomic mass is 16.5. The molecule has 0 radical (unpaired) electrons. The van der Waals surface area contributed by atoms with Gasteiger partial charge in [-0.1, -0.05) is 42.5 Å². The van der Waals surface area contributed by atoms with E-state index in [2.05, 4.69) is 0 Å². The SMILES string of the molecule is O=C1OCC(O)=C1c1cccc(OCc2ccccc2)c1. The van der Waals surface area contributed by atoms with E-state index in [1.165, 1.54) is 0 Å². The van der Waals surface area contributed by atoms with Gasteiger partial charge >= 0.3 is 5.97 Å². The first-order valence-electron chi connectivity index (χ1n) is 6.60. The molecule has 106 valence electrons. The molecular weight excluding hydrogens is 268 g/mol. The summed E-state index contributed by atoms with van der Waals surface area (Å²) in [6, 6.07) is 16.9. The van der Waals surface area contributed by atoms with Crippen LogP contribution in [0, 0.1) is 0 Å². The van der Waals surface area contributed by atoms with Crippen LogP contribution < -0.4 is 4.74 Å². The Morgan fingerprint density at radius 2 is 1.90 bits per heavy atom. The van der Waals surface area contributed by atoms with Crippen LogP contribution in [0.15, 0.2) is 60.4 Å². The molecule has 1 heterocycles. The Kier molecular flexibility index (Phi) is 3.60. The van der Waals surface area contributed by atoms with Crippen LogP contribution in [0.3, 0.4) is 0 Å². The van der Waals surface area contributed by atoms with Crippen LogP contribution in [-0.2, 0) is 16.1 Å². The molecule has 0 amide bonds. The molecule has 0 bridgehead atoms. The summed E-state index contributed by atoms with van der Waals surface area (Å²) in [6.07, 6.45) is 0. The molecule has 1 N–H and O–H groups in total. The van der Waals surface area contributed by atoms with Crippen LogP contribution in [0.25, 0.3) is 5.57 Å². The number of rotatable bonds is 4. The van der Waals surface area contributed by atoms with Crippen LogP contribution in [0.1, 0.15) is 11.1 Å². The third-order valence-electron chi connectivity index (χ3n) is 3.20. The van der Waals surface area contributed by atoms with Gasteiger partial charge in [0.2, 0.25) is 0 Å². The second kappa shape index (κ2) is 5.71. The van der Waals surface area contributed by atoms with E-state index in [0.717, 1.165) is 5.56 Å². The highest BCUT2D eigenvalue weighted by Crippen LogP contribution is 2.27. The molecule has 0 saturated heterocycles. The molecule has 0 unspecified atom stereocenters. The Morgan fingerprint density at radius 3 is 2.62 bits per heavy atom. The quantitative estimate of drug-likeness (QED) is 0.875. The molecule has 0 aromatic heterocycles. The summed E-state index contributed by atoms with van der Waals surface area (Å²) >= 11 is 0. The van der Waals surface area contributed by atoms with Gasteiger partial charge in [-0.3, -0.25) is 0 Å². The Balaban J connectivity index is 1.78. The maximum absolute atomic E-state index is 11.6. The van der Waals surface area contributed by atoms with Crippen LogP contribution >= 0.6 is 0 Å². The van der Waals surface area contributed by atoms with Crippen molar-refractivity contribution in [1.82, 2.24) is 0 Å². The van der Waals surface area contributed by atoms with E-state index in [1.54, 1.807) is 18.2 Å². The van der Waals surface area contributed by atoms with Gasteiger partial charge in [-0.25, -0.2) is 4.79 Å². The molecule has 1 aliphatic heterocycles. The molecule has 1 aliphatic rings. The lowest BCUT2D eigenvalue weighted by Crippen LogP contribution is -2.00. The zero-order chi connectivity index (χ0) is 14.7. The maximum atomic E-state index is 11.6. The Morgan fingerprint density at radius 1 is 1.10 bits per heavy atom. The number of benzene rings is 2. The molecule has 4 nitrogen and oxygen atoms in total. The topological polar surface area (TPSA) is 55.8 Å². The maximum Gasteiger partial charge on any atom is 0.342 e. The first-order chi connectivity index (χ1) is 10.2. The standard InChI is InChI=1S/C17H14O4/c18-15-11-21-17(19)16(15)13-7-4-8-14(9-13)20-10-12-5-2-1-3-6-12/h1-9,18H,10-11H2. The van der Waals surface area contributed by atoms with E-state index in [4.69, 9.17) is 9.47 Å². The number of ether oxygens (including phenoxy) is 2. The third kappa shape index (κ3) is 2.89. The van der Waals surface area contributed by atoms with Gasteiger partial charge in [0.15, 0.2) is 0 Å². The molecule has 21 heavy (non-hydrogen) atoms. The fraction of sp³-hybridized carbons (Fsp3) is 0.118. The van der Waals surface area contributed by atoms with Crippen molar-refractivity contribution in [2.45, 2.75) is 6.61 Å². The molecule has 0 fully saturated rings. The zero-order valence-corrected chi connectivity index (χ0v) is 11.3. The summed E-state index contributed by atoms with van der Waals surface area (Å²) in [5.74, 6) is 0.0873. The summed E-state index contributed by atoms with van der Waals surface area (Å²) in [5.41, 5.74) is 1.87. The monoisotopic (exact) mass is 282 g/mol. The summed E-state index contributed by atoms with van der Waals surface area (Å²) in [5, 5.41) is 9.70. The summed E-state index contributed by atoms with van der Waals surface area (Å²) in [7, 11) is 0. The van der Waals surface area contributed by atoms with Gasteiger partial charge in [-0.2, -0.15) is 0 Å². The van der Waals surface area contributed by atoms with Crippen molar-refractivity contribution in [3.63, 3.8) is 0 Å². The smallest absolute Gasteiger partial charge is 0.342 e. The molecule has 0 spiro atoms. The predicted molar refractivity (Wildman–Crippen MR) is 77.7 cm³/mol. The number of aliphatic hydroxyl groups excluding tert-OH is 1. The molecule has 0 aliphatic carbocycles. The zero-order valence-electron chi connectivity index (χ0n) is 11.3. The number of hydrogen-bond donors (Lipinski definition) is 1. The van der Waals surface area contributed by atoms with Crippen LogP contribution in [0.4, 0.5) is 0 Å². The summed E-state index contributed by atoms with van der Waals surface area (Å²) < 4.78 is 10.5. The van der Waals surface area contributed by atoms with Crippen molar-refractivity contribution < 1.29 is 19.4 Å². The van der Waals surface area contributed by atoms with E-state index in [1.807, 2.05) is 36.4 Å². The van der Waals surface area contributed by atoms with Crippen LogP contribution in [-0.4, -0.2) is 17.7 Å². The Bertz CT molecular complexity index is 689. The minimum atomic E-state index is -0.507. The molecule has 2 aromatic rings. The van der Waals surface area contributed by atoms with Gasteiger partial charge in [0, 0.05) is 0 Å². The largest absolute Gasteiger partial charge is 0.508 e. The molecule has 3 rings (SSSR count). The first kappa shape index (κ1) is 13.2. The number of carbonyl (C=O) groups is 1. The number of esters is 1. The van der Waals surface area contributed by atoms with Gasteiger partial charge in [0.05, 0.1) is 0 Å². The lowest BCUT2D eigenvalue weighted by atomic mass is 10.1. The van der Waals surface area contributed by atoms with Gasteiger partial charge in [-0.05, 0) is 23.3 Å². The second-order valence-corrected chi connectivity index (χ2v) is 4.70. The third-order valence-corrected chi connectivity index (χ3v) is 3.20. The van der Waals surface area contributed by atoms with E-state index < -0.39 is 5.97 Å². The van der Waals surface area contributed by atoms with Crippen molar-refractivity contribution >= 4 is 11.5 Å². The van der Waals surface area contributed by atoms with Crippen molar-refractivity contribution in [3.05, 3.63) is 71.5 Å². The molecule has 4 heteroatoms. The van der Waals surface area contributed by atoms with Gasteiger partial charge in [-0.15, -0.1) is 0 Å². The number of hydrogen-bond acceptors (Lipinski definition) is 4. The Hall–Kier alpha value is -2.75. The van der Waals surface area contributed by atoms with Gasteiger partial charge < -0.3 is 14.6 Å². The fourth-order valence-electron chi connectivity index (χ4n) is 2.16. The lowest BCUT2D eigenvalue weighted by molar-refractivity contribution is -0.134. The van der Waals surface area contributed by atoms with E-state index in [9.17, 15) is 9.90 Å². The van der Waals surface area contributed by atoms with Crippen LogP contribution in [0.2, 0.25) is 0 Å². The van der Waals surface area contributed by atoms with E-state index >= 15 is 0 Å². The van der Waals surface area contributed by atoms with Crippen molar-refractivity contribution in [3.8, 4) is 5.75 Å². The van der Waals surface area contributed by atoms with Crippen molar-refractivity contribution in [2.75, 3.05) is 6.61 Å². The predicted octanol–water partition coefficient (Wildman–Crippen LogP) is 3.09. The average molecular weight is 282 g/mol. The average Bonchev–Trinajstić information content (AvgIpc) is 2.85. The minimum Gasteiger partial charge on any atom is -0.508 e. The normalized spacial score (nSPS) is 14.2. The summed E-state index contributed by atoms with van der Waals surface area (Å²) in [6.45, 7) is 0.378. The molecular formula is C17H14O4. The lowest BCUT2D eigenvalue weighted by Gasteiger charge is -2.08. The summed E-state index contributed by atoms with van der Waals surface area (Å²) in [4.78, 5) is 11.6. The Labute approximate surface area is 122 Å². The first-order valence-corrected chi connectivity index (χ1v) is 6.60. The van der Waals surface area contributed by atoms with E-state index in [-0.39, 0.29) is 17.9 Å². The van der Waals surface area contributed by atoms with Gasteiger partial charge in [0.1, 0.15) is 30.3 Å². The van der Waals surface area contributed by atoms with Crippen molar-refractivity contribution in [1.29, 1.82) is 0 Å². The van der Waals surface area contributed by atoms with E-state index in [0.29, 0.717) is 17.9 Å². The highest BCUT2D eigenvalue weighted by Gasteiger charge is 2.26. The number of carbonyl (C=O) groups excluding carboxylic acids is 1. The van der Waals surface area contributed by atoms with Crippen LogP contribution in [0.5, 0.6) is 5.75 Å². The number of aliphatic hydroxyl groups is 1.